The number of esters is 1. The predicted octanol–water partition coefficient (Wildman–Crippen LogP) is 3.18. The first kappa shape index (κ1) is 14.0. The molecule has 0 saturated heterocycles. The molecule has 6 heteroatoms. The lowest BCUT2D eigenvalue weighted by molar-refractivity contribution is -0.155. The zero-order valence-corrected chi connectivity index (χ0v) is 12.9. The molecule has 3 aromatic rings. The lowest BCUT2D eigenvalue weighted by atomic mass is 10.2. The Morgan fingerprint density at radius 2 is 1.96 bits per heavy atom. The molecule has 0 amide bonds. The summed E-state index contributed by atoms with van der Waals surface area (Å²) in [5.74, 6) is 0.752. The molecule has 0 unspecified atom stereocenters. The van der Waals surface area contributed by atoms with Gasteiger partial charge in [0.1, 0.15) is 18.2 Å². The quantitative estimate of drug-likeness (QED) is 0.692. The van der Waals surface area contributed by atoms with Crippen molar-refractivity contribution in [2.24, 2.45) is 0 Å². The standard InChI is InChI=1S/C17H13NO4S/c19-17(14-9-20-12-6-2-3-7-13(12)22-14)21-10-16-18-11-5-1-4-8-15(11)23-16/h1-8,14H,9-10H2/t14-/m0/s1. The van der Waals surface area contributed by atoms with Crippen LogP contribution in [0.25, 0.3) is 10.2 Å². The second-order valence-electron chi connectivity index (χ2n) is 5.05. The van der Waals surface area contributed by atoms with Gasteiger partial charge in [-0.1, -0.05) is 24.3 Å². The Morgan fingerprint density at radius 3 is 2.83 bits per heavy atom. The van der Waals surface area contributed by atoms with Crippen LogP contribution >= 0.6 is 11.3 Å². The molecule has 0 saturated carbocycles. The number of thiazole rings is 1. The number of ether oxygens (including phenoxy) is 3. The van der Waals surface area contributed by atoms with Gasteiger partial charge in [-0.05, 0) is 24.3 Å². The zero-order valence-electron chi connectivity index (χ0n) is 12.1. The van der Waals surface area contributed by atoms with Crippen LogP contribution in [-0.4, -0.2) is 23.7 Å². The number of fused-ring (bicyclic) bond motifs is 2. The molecule has 116 valence electrons. The average molecular weight is 327 g/mol. The molecular formula is C17H13NO4S. The Labute approximate surface area is 136 Å². The van der Waals surface area contributed by atoms with E-state index in [1.807, 2.05) is 36.4 Å². The summed E-state index contributed by atoms with van der Waals surface area (Å²) >= 11 is 1.51. The monoisotopic (exact) mass is 327 g/mol. The summed E-state index contributed by atoms with van der Waals surface area (Å²) in [4.78, 5) is 16.6. The normalized spacial score (nSPS) is 16.3. The fraction of sp³-hybridized carbons (Fsp3) is 0.176. The minimum atomic E-state index is -0.751. The van der Waals surface area contributed by atoms with E-state index in [0.717, 1.165) is 15.2 Å². The molecule has 0 radical (unpaired) electrons. The lowest BCUT2D eigenvalue weighted by Crippen LogP contribution is -2.37. The molecule has 0 fully saturated rings. The van der Waals surface area contributed by atoms with Gasteiger partial charge in [-0.15, -0.1) is 11.3 Å². The third kappa shape index (κ3) is 2.85. The third-order valence-corrected chi connectivity index (χ3v) is 4.46. The van der Waals surface area contributed by atoms with Crippen LogP contribution in [0.15, 0.2) is 48.5 Å². The number of carbonyl (C=O) groups is 1. The minimum absolute atomic E-state index is 0.139. The zero-order chi connectivity index (χ0) is 15.6. The summed E-state index contributed by atoms with van der Waals surface area (Å²) in [6.45, 7) is 0.287. The Balaban J connectivity index is 1.40. The van der Waals surface area contributed by atoms with Crippen molar-refractivity contribution in [3.05, 3.63) is 53.5 Å². The number of carbonyl (C=O) groups excluding carboxylic acids is 1. The van der Waals surface area contributed by atoms with Gasteiger partial charge >= 0.3 is 5.97 Å². The van der Waals surface area contributed by atoms with E-state index in [2.05, 4.69) is 4.98 Å². The van der Waals surface area contributed by atoms with Crippen molar-refractivity contribution in [2.45, 2.75) is 12.7 Å². The van der Waals surface area contributed by atoms with Gasteiger partial charge in [-0.3, -0.25) is 0 Å². The maximum Gasteiger partial charge on any atom is 0.351 e. The van der Waals surface area contributed by atoms with E-state index >= 15 is 0 Å². The maximum atomic E-state index is 12.1. The number of hydrogen-bond acceptors (Lipinski definition) is 6. The second-order valence-corrected chi connectivity index (χ2v) is 6.16. The molecule has 1 atom stereocenters. The molecule has 1 aromatic heterocycles. The molecule has 0 spiro atoms. The Hall–Kier alpha value is -2.60. The van der Waals surface area contributed by atoms with Crippen molar-refractivity contribution < 1.29 is 19.0 Å². The van der Waals surface area contributed by atoms with Gasteiger partial charge in [0.25, 0.3) is 0 Å². The van der Waals surface area contributed by atoms with E-state index in [4.69, 9.17) is 14.2 Å². The molecule has 23 heavy (non-hydrogen) atoms. The van der Waals surface area contributed by atoms with Crippen molar-refractivity contribution in [2.75, 3.05) is 6.61 Å². The van der Waals surface area contributed by atoms with Crippen LogP contribution < -0.4 is 9.47 Å². The molecule has 5 nitrogen and oxygen atoms in total. The lowest BCUT2D eigenvalue weighted by Gasteiger charge is -2.24. The number of nitrogens with zero attached hydrogens (tertiary/aromatic N) is 1. The van der Waals surface area contributed by atoms with Gasteiger partial charge in [0.15, 0.2) is 11.5 Å². The van der Waals surface area contributed by atoms with Crippen LogP contribution in [0.2, 0.25) is 0 Å². The molecule has 1 aliphatic rings. The van der Waals surface area contributed by atoms with Gasteiger partial charge < -0.3 is 14.2 Å². The summed E-state index contributed by atoms with van der Waals surface area (Å²) in [7, 11) is 0. The highest BCUT2D eigenvalue weighted by Gasteiger charge is 2.28. The van der Waals surface area contributed by atoms with E-state index in [1.54, 1.807) is 12.1 Å². The number of benzene rings is 2. The van der Waals surface area contributed by atoms with E-state index in [-0.39, 0.29) is 13.2 Å². The first-order valence-corrected chi connectivity index (χ1v) is 8.01. The van der Waals surface area contributed by atoms with Crippen LogP contribution in [-0.2, 0) is 16.1 Å². The van der Waals surface area contributed by atoms with Gasteiger partial charge in [-0.25, -0.2) is 9.78 Å². The second kappa shape index (κ2) is 5.89. The van der Waals surface area contributed by atoms with E-state index < -0.39 is 12.1 Å². The molecule has 0 bridgehead atoms. The molecule has 0 aliphatic carbocycles. The van der Waals surface area contributed by atoms with Gasteiger partial charge in [0.2, 0.25) is 6.10 Å². The van der Waals surface area contributed by atoms with Crippen LogP contribution in [0.1, 0.15) is 5.01 Å². The first-order valence-electron chi connectivity index (χ1n) is 7.19. The first-order chi connectivity index (χ1) is 11.3. The number of aromatic nitrogens is 1. The Kier molecular flexibility index (Phi) is 3.59. The van der Waals surface area contributed by atoms with Crippen molar-refractivity contribution >= 4 is 27.5 Å². The number of para-hydroxylation sites is 3. The number of hydrogen-bond donors (Lipinski definition) is 0. The SMILES string of the molecule is O=C(OCc1nc2ccccc2s1)[C@@H]1COc2ccccc2O1. The summed E-state index contributed by atoms with van der Waals surface area (Å²) in [6.07, 6.45) is -0.751. The van der Waals surface area contributed by atoms with Gasteiger partial charge in [0.05, 0.1) is 10.2 Å². The Bertz CT molecular complexity index is 827. The van der Waals surface area contributed by atoms with E-state index in [1.165, 1.54) is 11.3 Å². The van der Waals surface area contributed by atoms with Crippen molar-refractivity contribution in [3.63, 3.8) is 0 Å². The highest BCUT2D eigenvalue weighted by molar-refractivity contribution is 7.18. The fourth-order valence-electron chi connectivity index (χ4n) is 2.34. The highest BCUT2D eigenvalue weighted by Crippen LogP contribution is 2.31. The molecule has 0 N–H and O–H groups in total. The van der Waals surface area contributed by atoms with Crippen LogP contribution in [0.3, 0.4) is 0 Å². The molecule has 2 heterocycles. The highest BCUT2D eigenvalue weighted by atomic mass is 32.1. The summed E-state index contributed by atoms with van der Waals surface area (Å²) in [5, 5.41) is 0.761. The molecule has 2 aromatic carbocycles. The summed E-state index contributed by atoms with van der Waals surface area (Å²) in [5.41, 5.74) is 0.912. The van der Waals surface area contributed by atoms with Gasteiger partial charge in [0, 0.05) is 0 Å². The topological polar surface area (TPSA) is 57.7 Å². The van der Waals surface area contributed by atoms with Gasteiger partial charge in [-0.2, -0.15) is 0 Å². The van der Waals surface area contributed by atoms with Crippen LogP contribution in [0.5, 0.6) is 11.5 Å². The van der Waals surface area contributed by atoms with Crippen LogP contribution in [0.4, 0.5) is 0 Å². The number of rotatable bonds is 3. The maximum absolute atomic E-state index is 12.1. The molecular weight excluding hydrogens is 314 g/mol. The fourth-order valence-corrected chi connectivity index (χ4v) is 3.22. The Morgan fingerprint density at radius 1 is 1.17 bits per heavy atom. The predicted molar refractivity (Wildman–Crippen MR) is 85.8 cm³/mol. The summed E-state index contributed by atoms with van der Waals surface area (Å²) in [6, 6.07) is 15.1. The minimum Gasteiger partial charge on any atom is -0.485 e. The molecule has 4 rings (SSSR count). The third-order valence-electron chi connectivity index (χ3n) is 3.45. The molecule has 1 aliphatic heterocycles. The largest absolute Gasteiger partial charge is 0.485 e. The van der Waals surface area contributed by atoms with E-state index in [9.17, 15) is 4.79 Å². The van der Waals surface area contributed by atoms with Crippen molar-refractivity contribution in [1.29, 1.82) is 0 Å². The van der Waals surface area contributed by atoms with Crippen LogP contribution in [0, 0.1) is 0 Å². The van der Waals surface area contributed by atoms with Crippen molar-refractivity contribution in [1.82, 2.24) is 4.98 Å². The smallest absolute Gasteiger partial charge is 0.351 e. The van der Waals surface area contributed by atoms with E-state index in [0.29, 0.717) is 11.5 Å². The van der Waals surface area contributed by atoms with Crippen molar-refractivity contribution in [3.8, 4) is 11.5 Å². The average Bonchev–Trinajstić information content (AvgIpc) is 3.02. The summed E-state index contributed by atoms with van der Waals surface area (Å²) < 4.78 is 17.5.